The molecule has 2 aliphatic rings. The van der Waals surface area contributed by atoms with Crippen LogP contribution in [0, 0.1) is 11.3 Å². The van der Waals surface area contributed by atoms with Crippen LogP contribution in [0.15, 0.2) is 12.1 Å². The van der Waals surface area contributed by atoms with Crippen molar-refractivity contribution in [3.05, 3.63) is 40.0 Å². The van der Waals surface area contributed by atoms with Crippen molar-refractivity contribution in [2.75, 3.05) is 26.9 Å². The Kier molecular flexibility index (Phi) is 7.17. The van der Waals surface area contributed by atoms with Crippen molar-refractivity contribution >= 4 is 11.4 Å². The second-order valence-electron chi connectivity index (χ2n) is 11.2. The molecule has 0 unspecified atom stereocenters. The predicted octanol–water partition coefficient (Wildman–Crippen LogP) is 3.24. The highest BCUT2D eigenvalue weighted by molar-refractivity contribution is 5.97. The van der Waals surface area contributed by atoms with Gasteiger partial charge in [0.1, 0.15) is 6.54 Å². The first-order valence-corrected chi connectivity index (χ1v) is 13.4. The van der Waals surface area contributed by atoms with Gasteiger partial charge in [-0.1, -0.05) is 20.8 Å². The average Bonchev–Trinajstić information content (AvgIpc) is 3.49. The molecule has 0 aliphatic heterocycles. The van der Waals surface area contributed by atoms with Crippen molar-refractivity contribution in [2.24, 2.45) is 5.92 Å². The molecule has 2 heterocycles. The van der Waals surface area contributed by atoms with Gasteiger partial charge in [0.15, 0.2) is 22.9 Å². The van der Waals surface area contributed by atoms with Gasteiger partial charge < -0.3 is 19.3 Å². The highest BCUT2D eigenvalue weighted by Crippen LogP contribution is 2.40. The van der Waals surface area contributed by atoms with E-state index in [-0.39, 0.29) is 30.0 Å². The van der Waals surface area contributed by atoms with Crippen LogP contribution in [0.3, 0.4) is 0 Å². The molecule has 0 atom stereocenters. The van der Waals surface area contributed by atoms with Gasteiger partial charge >= 0.3 is 0 Å². The van der Waals surface area contributed by atoms with Crippen LogP contribution in [0.25, 0.3) is 5.65 Å². The van der Waals surface area contributed by atoms with Crippen LogP contribution < -0.4 is 19.8 Å². The number of hydrogen-bond donors (Lipinski definition) is 2. The number of aromatic nitrogens is 4. The third kappa shape index (κ3) is 5.14. The van der Waals surface area contributed by atoms with Gasteiger partial charge in [0, 0.05) is 35.3 Å². The maximum absolute atomic E-state index is 13.6. The van der Waals surface area contributed by atoms with E-state index in [1.807, 2.05) is 26.8 Å². The summed E-state index contributed by atoms with van der Waals surface area (Å²) in [4.78, 5) is 13.6. The van der Waals surface area contributed by atoms with Crippen LogP contribution in [0.2, 0.25) is 0 Å². The molecule has 38 heavy (non-hydrogen) atoms. The third-order valence-electron chi connectivity index (χ3n) is 7.19. The molecule has 3 aromatic rings. The fraction of sp³-hybridized carbons (Fsp3) is 0.571. The molecule has 204 valence electrons. The summed E-state index contributed by atoms with van der Waals surface area (Å²) in [5.74, 6) is 2.03. The van der Waals surface area contributed by atoms with Gasteiger partial charge in [-0.2, -0.15) is 4.52 Å². The second-order valence-corrected chi connectivity index (χ2v) is 11.2. The minimum absolute atomic E-state index is 0.00887. The van der Waals surface area contributed by atoms with E-state index in [0.717, 1.165) is 36.0 Å². The molecule has 10 nitrogen and oxygen atoms in total. The predicted molar refractivity (Wildman–Crippen MR) is 140 cm³/mol. The minimum Gasteiger partial charge on any atom is -0.493 e. The number of ketones is 1. The molecule has 0 bridgehead atoms. The standard InChI is InChI=1S/C28H37N5O5/c1-28(2,3)21-13-18(14-23(24(21)36-4)37-12-6-11-34)22(35)15-32-27(29)33-25(30-32)19-7-5-8-20(19)26(31-33)38-16-17-9-10-17/h13-14,17,29,34H,5-12,15-16H2,1-4H3. The summed E-state index contributed by atoms with van der Waals surface area (Å²) in [7, 11) is 1.58. The first-order valence-electron chi connectivity index (χ1n) is 13.4. The first kappa shape index (κ1) is 26.2. The van der Waals surface area contributed by atoms with Gasteiger partial charge in [-0.15, -0.1) is 10.2 Å². The van der Waals surface area contributed by atoms with E-state index >= 15 is 0 Å². The van der Waals surface area contributed by atoms with Crippen LogP contribution in [-0.2, 0) is 24.8 Å². The number of hydrogen-bond acceptors (Lipinski definition) is 8. The van der Waals surface area contributed by atoms with Gasteiger partial charge in [-0.05, 0) is 55.6 Å². The molecule has 0 spiro atoms. The molecule has 2 N–H and O–H groups in total. The Bertz CT molecular complexity index is 1410. The maximum atomic E-state index is 13.6. The summed E-state index contributed by atoms with van der Waals surface area (Å²) in [6.45, 7) is 6.99. The highest BCUT2D eigenvalue weighted by Gasteiger charge is 2.28. The molecule has 1 saturated carbocycles. The molecule has 10 heteroatoms. The zero-order chi connectivity index (χ0) is 27.0. The summed E-state index contributed by atoms with van der Waals surface area (Å²) in [6.07, 6.45) is 5.59. The Balaban J connectivity index is 1.48. The van der Waals surface area contributed by atoms with Crippen molar-refractivity contribution < 1.29 is 24.1 Å². The molecule has 0 radical (unpaired) electrons. The Morgan fingerprint density at radius 3 is 2.61 bits per heavy atom. The monoisotopic (exact) mass is 523 g/mol. The van der Waals surface area contributed by atoms with Crippen LogP contribution in [0.1, 0.15) is 73.5 Å². The lowest BCUT2D eigenvalue weighted by atomic mass is 9.84. The Hall–Kier alpha value is -3.40. The fourth-order valence-electron chi connectivity index (χ4n) is 4.89. The van der Waals surface area contributed by atoms with E-state index in [1.165, 1.54) is 22.0 Å². The van der Waals surface area contributed by atoms with E-state index in [2.05, 4.69) is 10.2 Å². The Morgan fingerprint density at radius 2 is 1.92 bits per heavy atom. The van der Waals surface area contributed by atoms with E-state index < -0.39 is 0 Å². The number of nitrogens with zero attached hydrogens (tertiary/aromatic N) is 4. The van der Waals surface area contributed by atoms with Crippen LogP contribution >= 0.6 is 0 Å². The second kappa shape index (κ2) is 10.4. The number of carbonyl (C=O) groups excluding carboxylic acids is 1. The fourth-order valence-corrected chi connectivity index (χ4v) is 4.89. The number of rotatable bonds is 11. The number of methoxy groups -OCH3 is 1. The number of carbonyl (C=O) groups is 1. The zero-order valence-electron chi connectivity index (χ0n) is 22.7. The number of aryl methyl sites for hydroxylation is 1. The van der Waals surface area contributed by atoms with Crippen LogP contribution in [-0.4, -0.2) is 57.2 Å². The lowest BCUT2D eigenvalue weighted by molar-refractivity contribution is 0.0964. The van der Waals surface area contributed by atoms with Gasteiger partial charge in [0.05, 0.1) is 20.3 Å². The molecule has 0 saturated heterocycles. The van der Waals surface area contributed by atoms with Gasteiger partial charge in [-0.25, -0.2) is 4.68 Å². The van der Waals surface area contributed by atoms with E-state index in [9.17, 15) is 9.90 Å². The summed E-state index contributed by atoms with van der Waals surface area (Å²) in [6, 6.07) is 3.51. The number of aliphatic hydroxyl groups is 1. The molecular weight excluding hydrogens is 486 g/mol. The molecule has 2 aliphatic carbocycles. The number of aliphatic hydroxyl groups excluding tert-OH is 1. The quantitative estimate of drug-likeness (QED) is 0.292. The highest BCUT2D eigenvalue weighted by atomic mass is 16.5. The van der Waals surface area contributed by atoms with E-state index in [4.69, 9.17) is 19.6 Å². The molecule has 5 rings (SSSR count). The van der Waals surface area contributed by atoms with Gasteiger partial charge in [0.2, 0.25) is 11.5 Å². The molecule has 2 aromatic heterocycles. The average molecular weight is 524 g/mol. The van der Waals surface area contributed by atoms with Crippen molar-refractivity contribution in [1.29, 1.82) is 5.41 Å². The summed E-state index contributed by atoms with van der Waals surface area (Å²) < 4.78 is 20.5. The van der Waals surface area contributed by atoms with Crippen molar-refractivity contribution in [2.45, 2.75) is 71.3 Å². The number of nitrogens with one attached hydrogen (secondary N) is 1. The number of ether oxygens (including phenoxy) is 3. The van der Waals surface area contributed by atoms with Crippen LogP contribution in [0.4, 0.5) is 0 Å². The topological polar surface area (TPSA) is 124 Å². The van der Waals surface area contributed by atoms with E-state index in [1.54, 1.807) is 13.2 Å². The number of fused-ring (bicyclic) bond motifs is 3. The third-order valence-corrected chi connectivity index (χ3v) is 7.19. The molecule has 1 aromatic carbocycles. The number of Topliss-reactive ketones (excluding diaryl/α,β-unsaturated/α-hetero) is 1. The lowest BCUT2D eigenvalue weighted by Gasteiger charge is -2.25. The zero-order valence-corrected chi connectivity index (χ0v) is 22.7. The number of benzene rings is 1. The van der Waals surface area contributed by atoms with Gasteiger partial charge in [0.25, 0.3) is 0 Å². The summed E-state index contributed by atoms with van der Waals surface area (Å²) in [5, 5.41) is 27.2. The lowest BCUT2D eigenvalue weighted by Crippen LogP contribution is -2.27. The molecular formula is C28H37N5O5. The largest absolute Gasteiger partial charge is 0.493 e. The normalized spacial score (nSPS) is 15.1. The first-order chi connectivity index (χ1) is 18.2. The minimum atomic E-state index is -0.311. The summed E-state index contributed by atoms with van der Waals surface area (Å²) in [5.41, 5.74) is 3.77. The van der Waals surface area contributed by atoms with E-state index in [0.29, 0.717) is 54.1 Å². The van der Waals surface area contributed by atoms with Crippen molar-refractivity contribution in [3.8, 4) is 17.4 Å². The maximum Gasteiger partial charge on any atom is 0.242 e. The van der Waals surface area contributed by atoms with Crippen molar-refractivity contribution in [3.63, 3.8) is 0 Å². The van der Waals surface area contributed by atoms with Crippen molar-refractivity contribution in [1.82, 2.24) is 19.4 Å². The summed E-state index contributed by atoms with van der Waals surface area (Å²) >= 11 is 0. The smallest absolute Gasteiger partial charge is 0.242 e. The Morgan fingerprint density at radius 1 is 1.16 bits per heavy atom. The van der Waals surface area contributed by atoms with Gasteiger partial charge in [-0.3, -0.25) is 10.2 Å². The van der Waals surface area contributed by atoms with Crippen LogP contribution in [0.5, 0.6) is 17.4 Å². The SMILES string of the molecule is COc1c(OCCCO)cc(C(=O)Cn2nc3c4c(c(OCC5CC5)nn3c2=N)CCC4)cc1C(C)(C)C. The molecule has 1 fully saturated rings. The molecule has 0 amide bonds. The Labute approximate surface area is 222 Å².